The highest BCUT2D eigenvalue weighted by atomic mass is 32.2. The van der Waals surface area contributed by atoms with Crippen molar-refractivity contribution in [3.63, 3.8) is 0 Å². The first-order valence-corrected chi connectivity index (χ1v) is 8.08. The van der Waals surface area contributed by atoms with Gasteiger partial charge < -0.3 is 10.1 Å². The molecule has 1 N–H and O–H groups in total. The smallest absolute Gasteiger partial charge is 0.263 e. The van der Waals surface area contributed by atoms with Gasteiger partial charge in [-0.05, 0) is 41.5 Å². The minimum atomic E-state index is -0.936. The number of thioether (sulfide) groups is 1. The molecule has 0 saturated carbocycles. The van der Waals surface area contributed by atoms with E-state index in [1.807, 2.05) is 0 Å². The van der Waals surface area contributed by atoms with E-state index in [0.29, 0.717) is 26.1 Å². The van der Waals surface area contributed by atoms with Crippen LogP contribution in [0.2, 0.25) is 0 Å². The molecule has 7 heteroatoms. The topological polar surface area (TPSA) is 38.3 Å². The van der Waals surface area contributed by atoms with E-state index in [0.717, 1.165) is 17.7 Å². The maximum atomic E-state index is 13.5. The summed E-state index contributed by atoms with van der Waals surface area (Å²) in [5.74, 6) is -1.59. The number of hydrogen-bond acceptors (Lipinski definition) is 4. The number of hydrogen-bond donors (Lipinski definition) is 1. The first-order valence-electron chi connectivity index (χ1n) is 6.86. The molecule has 0 radical (unpaired) electrons. The fourth-order valence-corrected chi connectivity index (χ4v) is 3.32. The molecule has 1 amide bonds. The average molecular weight is 363 g/mol. The van der Waals surface area contributed by atoms with E-state index in [-0.39, 0.29) is 5.91 Å². The van der Waals surface area contributed by atoms with Crippen LogP contribution in [0.3, 0.4) is 0 Å². The molecule has 122 valence electrons. The van der Waals surface area contributed by atoms with Gasteiger partial charge in [-0.15, -0.1) is 0 Å². The molecule has 24 heavy (non-hydrogen) atoms. The summed E-state index contributed by atoms with van der Waals surface area (Å²) in [6, 6.07) is 8.86. The molecule has 1 fully saturated rings. The van der Waals surface area contributed by atoms with Crippen molar-refractivity contribution in [2.45, 2.75) is 0 Å². The predicted octanol–water partition coefficient (Wildman–Crippen LogP) is 4.13. The van der Waals surface area contributed by atoms with Gasteiger partial charge in [-0.3, -0.25) is 4.79 Å². The van der Waals surface area contributed by atoms with Crippen molar-refractivity contribution in [1.29, 1.82) is 0 Å². The van der Waals surface area contributed by atoms with Crippen molar-refractivity contribution in [2.75, 3.05) is 7.11 Å². The second-order valence-corrected chi connectivity index (χ2v) is 6.66. The Morgan fingerprint density at radius 1 is 1.17 bits per heavy atom. The summed E-state index contributed by atoms with van der Waals surface area (Å²) in [6.07, 6.45) is 1.68. The Hall–Kier alpha value is -2.25. The molecule has 1 saturated heterocycles. The Bertz CT molecular complexity index is 881. The van der Waals surface area contributed by atoms with Crippen molar-refractivity contribution >= 4 is 40.3 Å². The molecule has 1 aliphatic heterocycles. The minimum absolute atomic E-state index is 0.254. The molecule has 0 bridgehead atoms. The van der Waals surface area contributed by atoms with E-state index in [2.05, 4.69) is 5.32 Å². The number of amides is 1. The fraction of sp³-hybridized carbons (Fsp3) is 0.0588. The maximum absolute atomic E-state index is 13.5. The zero-order valence-electron chi connectivity index (χ0n) is 12.4. The van der Waals surface area contributed by atoms with Gasteiger partial charge in [0.05, 0.1) is 12.0 Å². The van der Waals surface area contributed by atoms with Gasteiger partial charge in [0.25, 0.3) is 5.91 Å². The summed E-state index contributed by atoms with van der Waals surface area (Å²) in [4.78, 5) is 12.2. The molecule has 1 heterocycles. The molecule has 3 nitrogen and oxygen atoms in total. The summed E-state index contributed by atoms with van der Waals surface area (Å²) < 4.78 is 32.4. The van der Waals surface area contributed by atoms with E-state index in [4.69, 9.17) is 17.0 Å². The van der Waals surface area contributed by atoms with Gasteiger partial charge >= 0.3 is 0 Å². The first kappa shape index (κ1) is 16.6. The molecule has 3 rings (SSSR count). The molecule has 1 aliphatic rings. The van der Waals surface area contributed by atoms with Crippen LogP contribution in [0.1, 0.15) is 5.56 Å². The lowest BCUT2D eigenvalue weighted by Crippen LogP contribution is -2.17. The lowest BCUT2D eigenvalue weighted by Gasteiger charge is -2.10. The minimum Gasteiger partial charge on any atom is -0.496 e. The number of carbonyl (C=O) groups is 1. The fourth-order valence-electron chi connectivity index (χ4n) is 2.28. The molecule has 0 spiro atoms. The number of ether oxygens (including phenoxy) is 1. The molecule has 0 aromatic heterocycles. The number of halogens is 2. The van der Waals surface area contributed by atoms with Crippen molar-refractivity contribution in [3.05, 3.63) is 58.5 Å². The van der Waals surface area contributed by atoms with Crippen LogP contribution < -0.4 is 10.1 Å². The van der Waals surface area contributed by atoms with Gasteiger partial charge in [0, 0.05) is 5.56 Å². The van der Waals surface area contributed by atoms with Crippen molar-refractivity contribution in [3.8, 4) is 16.9 Å². The van der Waals surface area contributed by atoms with E-state index in [9.17, 15) is 13.6 Å². The Kier molecular flexibility index (Phi) is 4.64. The summed E-state index contributed by atoms with van der Waals surface area (Å²) in [6.45, 7) is 0. The molecule has 2 aromatic rings. The highest BCUT2D eigenvalue weighted by Crippen LogP contribution is 2.33. The number of benzene rings is 2. The van der Waals surface area contributed by atoms with Crippen LogP contribution >= 0.6 is 24.0 Å². The average Bonchev–Trinajstić information content (AvgIpc) is 2.87. The molecular formula is C17H11F2NO2S2. The van der Waals surface area contributed by atoms with E-state index in [1.54, 1.807) is 24.3 Å². The highest BCUT2D eigenvalue weighted by molar-refractivity contribution is 8.26. The largest absolute Gasteiger partial charge is 0.496 e. The van der Waals surface area contributed by atoms with Crippen LogP contribution in [0.5, 0.6) is 5.75 Å². The predicted molar refractivity (Wildman–Crippen MR) is 94.7 cm³/mol. The summed E-state index contributed by atoms with van der Waals surface area (Å²) in [7, 11) is 1.50. The Labute approximate surface area is 146 Å². The molecular weight excluding hydrogens is 352 g/mol. The van der Waals surface area contributed by atoms with Crippen LogP contribution in [0.15, 0.2) is 41.3 Å². The zero-order chi connectivity index (χ0) is 17.3. The third-order valence-corrected chi connectivity index (χ3v) is 4.56. The van der Waals surface area contributed by atoms with Gasteiger partial charge in [0.2, 0.25) is 0 Å². The molecule has 2 aromatic carbocycles. The third kappa shape index (κ3) is 3.32. The number of carbonyl (C=O) groups excluding carboxylic acids is 1. The second-order valence-electron chi connectivity index (χ2n) is 4.94. The van der Waals surface area contributed by atoms with E-state index < -0.39 is 11.6 Å². The standard InChI is InChI=1S/C17H11F2NO2S2/c1-22-14-5-2-9(7-15-16(21)20-17(23)24-15)6-11(14)10-3-4-12(18)13(19)8-10/h2-8H,1H3,(H,20,21,23)/b15-7-. The van der Waals surface area contributed by atoms with Gasteiger partial charge in [0.1, 0.15) is 10.1 Å². The maximum Gasteiger partial charge on any atom is 0.263 e. The van der Waals surface area contributed by atoms with Crippen LogP contribution in [0, 0.1) is 11.6 Å². The normalized spacial score (nSPS) is 15.7. The lowest BCUT2D eigenvalue weighted by molar-refractivity contribution is -0.115. The Morgan fingerprint density at radius 2 is 1.96 bits per heavy atom. The zero-order valence-corrected chi connectivity index (χ0v) is 14.1. The lowest BCUT2D eigenvalue weighted by atomic mass is 10.0. The molecule has 0 atom stereocenters. The van der Waals surface area contributed by atoms with Crippen LogP contribution in [0.25, 0.3) is 17.2 Å². The molecule has 0 unspecified atom stereocenters. The van der Waals surface area contributed by atoms with Crippen LogP contribution in [-0.4, -0.2) is 17.3 Å². The van der Waals surface area contributed by atoms with Crippen molar-refractivity contribution in [2.24, 2.45) is 0 Å². The van der Waals surface area contributed by atoms with Gasteiger partial charge in [-0.2, -0.15) is 0 Å². The van der Waals surface area contributed by atoms with Crippen molar-refractivity contribution < 1.29 is 18.3 Å². The monoisotopic (exact) mass is 363 g/mol. The van der Waals surface area contributed by atoms with Crippen molar-refractivity contribution in [1.82, 2.24) is 5.32 Å². The number of rotatable bonds is 3. The SMILES string of the molecule is COc1ccc(/C=C2\SC(=S)NC2=O)cc1-c1ccc(F)c(F)c1. The number of methoxy groups -OCH3 is 1. The Morgan fingerprint density at radius 3 is 2.58 bits per heavy atom. The highest BCUT2D eigenvalue weighted by Gasteiger charge is 2.22. The van der Waals surface area contributed by atoms with E-state index >= 15 is 0 Å². The summed E-state index contributed by atoms with van der Waals surface area (Å²) >= 11 is 6.13. The Balaban J connectivity index is 2.05. The first-order chi connectivity index (χ1) is 11.5. The molecule has 0 aliphatic carbocycles. The number of thiocarbonyl (C=S) groups is 1. The third-order valence-electron chi connectivity index (χ3n) is 3.39. The van der Waals surface area contributed by atoms with Gasteiger partial charge in [-0.25, -0.2) is 8.78 Å². The second kappa shape index (κ2) is 6.70. The quantitative estimate of drug-likeness (QED) is 0.657. The number of nitrogens with one attached hydrogen (secondary N) is 1. The van der Waals surface area contributed by atoms with E-state index in [1.165, 1.54) is 24.9 Å². The van der Waals surface area contributed by atoms with Crippen LogP contribution in [-0.2, 0) is 4.79 Å². The van der Waals surface area contributed by atoms with Gasteiger partial charge in [0.15, 0.2) is 11.6 Å². The van der Waals surface area contributed by atoms with Crippen LogP contribution in [0.4, 0.5) is 8.78 Å². The summed E-state index contributed by atoms with van der Waals surface area (Å²) in [5.41, 5.74) is 1.79. The summed E-state index contributed by atoms with van der Waals surface area (Å²) in [5, 5.41) is 2.54. The van der Waals surface area contributed by atoms with Gasteiger partial charge in [-0.1, -0.05) is 36.1 Å².